The van der Waals surface area contributed by atoms with Crippen LogP contribution in [-0.4, -0.2) is 59.5 Å². The molecule has 2 aromatic carbocycles. The van der Waals surface area contributed by atoms with Crippen molar-refractivity contribution in [2.45, 2.75) is 57.4 Å². The number of hydrogen-bond donors (Lipinski definition) is 2. The quantitative estimate of drug-likeness (QED) is 0.341. The van der Waals surface area contributed by atoms with Gasteiger partial charge in [0.25, 0.3) is 0 Å². The van der Waals surface area contributed by atoms with Gasteiger partial charge in [-0.15, -0.1) is 0 Å². The Balaban J connectivity index is 1.48. The van der Waals surface area contributed by atoms with Crippen molar-refractivity contribution in [3.63, 3.8) is 0 Å². The van der Waals surface area contributed by atoms with Crippen LogP contribution in [0.4, 0.5) is 4.39 Å². The molecule has 5 rings (SSSR count). The molecule has 0 spiro atoms. The first kappa shape index (κ1) is 29.0. The highest BCUT2D eigenvalue weighted by atomic mass is 19.1. The smallest absolute Gasteiger partial charge is 0.309 e. The van der Waals surface area contributed by atoms with Gasteiger partial charge in [-0.3, -0.25) is 9.69 Å². The molecule has 0 saturated carbocycles. The lowest BCUT2D eigenvalue weighted by molar-refractivity contribution is -0.145. The average Bonchev–Trinajstić information content (AvgIpc) is 3.42. The van der Waals surface area contributed by atoms with E-state index in [9.17, 15) is 15.0 Å². The van der Waals surface area contributed by atoms with E-state index in [4.69, 9.17) is 14.2 Å². The molecule has 1 saturated heterocycles. The van der Waals surface area contributed by atoms with Crippen molar-refractivity contribution >= 4 is 5.97 Å². The lowest BCUT2D eigenvalue weighted by atomic mass is 9.91. The molecule has 0 aliphatic carbocycles. The molecule has 2 aliphatic heterocycles. The van der Waals surface area contributed by atoms with Crippen LogP contribution in [-0.2, 0) is 22.5 Å². The number of benzene rings is 2. The van der Waals surface area contributed by atoms with Gasteiger partial charge in [-0.1, -0.05) is 30.3 Å². The number of aliphatic hydroxyl groups is 1. The molecule has 0 bridgehead atoms. The van der Waals surface area contributed by atoms with Gasteiger partial charge in [-0.2, -0.15) is 0 Å². The lowest BCUT2D eigenvalue weighted by Gasteiger charge is -2.29. The van der Waals surface area contributed by atoms with Crippen molar-refractivity contribution in [2.24, 2.45) is 5.92 Å². The molecule has 218 valence electrons. The van der Waals surface area contributed by atoms with Gasteiger partial charge in [-0.05, 0) is 73.0 Å². The molecule has 3 aromatic rings. The van der Waals surface area contributed by atoms with Crippen LogP contribution >= 0.6 is 0 Å². The van der Waals surface area contributed by atoms with Crippen LogP contribution in [0.2, 0.25) is 0 Å². The first-order chi connectivity index (χ1) is 19.8. The summed E-state index contributed by atoms with van der Waals surface area (Å²) in [6.45, 7) is 3.70. The van der Waals surface area contributed by atoms with Gasteiger partial charge in [0.1, 0.15) is 17.7 Å². The largest absolute Gasteiger partial charge is 0.485 e. The summed E-state index contributed by atoms with van der Waals surface area (Å²) in [6, 6.07) is 13.4. The third-order valence-corrected chi connectivity index (χ3v) is 8.30. The second-order valence-electron chi connectivity index (χ2n) is 10.9. The molecular weight excluding hydrogens is 527 g/mol. The second-order valence-corrected chi connectivity index (χ2v) is 10.9. The summed E-state index contributed by atoms with van der Waals surface area (Å²) in [5, 5.41) is 19.9. The number of aliphatic hydroxyl groups excluding tert-OH is 1. The van der Waals surface area contributed by atoms with Gasteiger partial charge in [0.2, 0.25) is 5.88 Å². The zero-order valence-corrected chi connectivity index (χ0v) is 23.7. The molecule has 8 nitrogen and oxygen atoms in total. The number of fused-ring (bicyclic) bond motifs is 1. The third-order valence-electron chi connectivity index (χ3n) is 8.30. The van der Waals surface area contributed by atoms with E-state index in [0.29, 0.717) is 41.9 Å². The van der Waals surface area contributed by atoms with Gasteiger partial charge < -0.3 is 24.4 Å². The maximum Gasteiger partial charge on any atom is 0.309 e. The molecule has 2 aliphatic rings. The van der Waals surface area contributed by atoms with Gasteiger partial charge >= 0.3 is 5.97 Å². The standard InChI is InChI=1S/C32H37FN2O6/c1-19(32(37)38)31(36)22-7-6-20-9-11-28(41-29(20)14-22)21-8-10-25(26-15-30(40-3)34-16-27(26)33)23(13-21)17-35-12-4-5-24(35)18-39-2/h6-8,10,13-16,19,24,28,31,36H,4-5,9,11-12,17-18H2,1-3H3,(H,37,38)/t19-,24+,28?,31+/m0/s1. The number of ether oxygens (including phenoxy) is 3. The molecule has 3 heterocycles. The summed E-state index contributed by atoms with van der Waals surface area (Å²) in [5.41, 5.74) is 4.69. The first-order valence-electron chi connectivity index (χ1n) is 14.0. The second kappa shape index (κ2) is 12.5. The van der Waals surface area contributed by atoms with Crippen LogP contribution in [0.3, 0.4) is 0 Å². The number of rotatable bonds is 10. The van der Waals surface area contributed by atoms with Crippen LogP contribution in [0, 0.1) is 11.7 Å². The van der Waals surface area contributed by atoms with Crippen molar-refractivity contribution in [3.05, 3.63) is 76.7 Å². The number of nitrogens with zero attached hydrogens (tertiary/aromatic N) is 2. The number of carboxylic acids is 1. The maximum atomic E-state index is 15.1. The zero-order chi connectivity index (χ0) is 29.1. The predicted octanol–water partition coefficient (Wildman–Crippen LogP) is 5.33. The Hall–Kier alpha value is -3.53. The summed E-state index contributed by atoms with van der Waals surface area (Å²) < 4.78 is 32.3. The van der Waals surface area contributed by atoms with Crippen molar-refractivity contribution in [2.75, 3.05) is 27.4 Å². The average molecular weight is 565 g/mol. The SMILES string of the molecule is COC[C@H]1CCCN1Cc1cc(C2CCc3ccc([C@H](O)[C@H](C)C(=O)O)cc3O2)ccc1-c1cc(OC)ncc1F. The van der Waals surface area contributed by atoms with E-state index in [2.05, 4.69) is 16.0 Å². The number of aromatic nitrogens is 1. The third kappa shape index (κ3) is 6.22. The van der Waals surface area contributed by atoms with E-state index in [-0.39, 0.29) is 6.10 Å². The van der Waals surface area contributed by atoms with E-state index in [1.807, 2.05) is 18.2 Å². The minimum Gasteiger partial charge on any atom is -0.485 e. The molecule has 41 heavy (non-hydrogen) atoms. The number of methoxy groups -OCH3 is 2. The minimum atomic E-state index is -1.14. The van der Waals surface area contributed by atoms with E-state index < -0.39 is 23.8 Å². The van der Waals surface area contributed by atoms with Gasteiger partial charge in [0.15, 0.2) is 0 Å². The minimum absolute atomic E-state index is 0.246. The summed E-state index contributed by atoms with van der Waals surface area (Å²) in [7, 11) is 3.23. The van der Waals surface area contributed by atoms with Gasteiger partial charge in [0.05, 0.1) is 31.9 Å². The highest BCUT2D eigenvalue weighted by molar-refractivity contribution is 5.71. The fraction of sp³-hybridized carbons (Fsp3) is 0.438. The zero-order valence-electron chi connectivity index (χ0n) is 23.7. The number of carbonyl (C=O) groups is 1. The number of halogens is 1. The van der Waals surface area contributed by atoms with Crippen LogP contribution in [0.1, 0.15) is 60.6 Å². The maximum absolute atomic E-state index is 15.1. The molecule has 4 atom stereocenters. The first-order valence-corrected chi connectivity index (χ1v) is 14.0. The topological polar surface area (TPSA) is 101 Å². The van der Waals surface area contributed by atoms with E-state index in [1.165, 1.54) is 20.2 Å². The number of aryl methyl sites for hydroxylation is 1. The van der Waals surface area contributed by atoms with Crippen molar-refractivity contribution < 1.29 is 33.6 Å². The Morgan fingerprint density at radius 1 is 1.17 bits per heavy atom. The summed E-state index contributed by atoms with van der Waals surface area (Å²) in [6.07, 6.45) is 3.47. The highest BCUT2D eigenvalue weighted by Crippen LogP contribution is 2.39. The molecule has 0 radical (unpaired) electrons. The highest BCUT2D eigenvalue weighted by Gasteiger charge is 2.29. The van der Waals surface area contributed by atoms with E-state index in [0.717, 1.165) is 54.5 Å². The Kier molecular flexibility index (Phi) is 8.87. The monoisotopic (exact) mass is 564 g/mol. The predicted molar refractivity (Wildman–Crippen MR) is 151 cm³/mol. The molecule has 2 N–H and O–H groups in total. The molecule has 9 heteroatoms. The van der Waals surface area contributed by atoms with Gasteiger partial charge in [0, 0.05) is 31.3 Å². The molecule has 1 aromatic heterocycles. The van der Waals surface area contributed by atoms with Gasteiger partial charge in [-0.25, -0.2) is 9.37 Å². The number of hydrogen-bond acceptors (Lipinski definition) is 7. The number of pyridine rings is 1. The van der Waals surface area contributed by atoms with Crippen LogP contribution in [0.25, 0.3) is 11.1 Å². The molecule has 1 fully saturated rings. The Morgan fingerprint density at radius 3 is 2.76 bits per heavy atom. The summed E-state index contributed by atoms with van der Waals surface area (Å²) in [5.74, 6) is -1.43. The molecule has 1 unspecified atom stereocenters. The fourth-order valence-corrected chi connectivity index (χ4v) is 5.88. The lowest BCUT2D eigenvalue weighted by Crippen LogP contribution is -2.32. The number of likely N-dealkylation sites (tertiary alicyclic amines) is 1. The molecular formula is C32H37FN2O6. The molecule has 0 amide bonds. The van der Waals surface area contributed by atoms with Crippen LogP contribution in [0.5, 0.6) is 11.6 Å². The Labute approximate surface area is 239 Å². The Bertz CT molecular complexity index is 1400. The van der Waals surface area contributed by atoms with Crippen LogP contribution < -0.4 is 9.47 Å². The van der Waals surface area contributed by atoms with Crippen molar-refractivity contribution in [3.8, 4) is 22.8 Å². The fourth-order valence-electron chi connectivity index (χ4n) is 5.88. The van der Waals surface area contributed by atoms with Crippen LogP contribution in [0.15, 0.2) is 48.7 Å². The Morgan fingerprint density at radius 2 is 2.00 bits per heavy atom. The van der Waals surface area contributed by atoms with E-state index >= 15 is 4.39 Å². The summed E-state index contributed by atoms with van der Waals surface area (Å²) in [4.78, 5) is 17.8. The number of carboxylic acid groups (broad SMARTS) is 1. The van der Waals surface area contributed by atoms with Crippen molar-refractivity contribution in [1.29, 1.82) is 0 Å². The summed E-state index contributed by atoms with van der Waals surface area (Å²) >= 11 is 0. The van der Waals surface area contributed by atoms with E-state index in [1.54, 1.807) is 25.3 Å². The normalized spacial score (nSPS) is 20.2. The van der Waals surface area contributed by atoms with Crippen molar-refractivity contribution in [1.82, 2.24) is 9.88 Å². The number of aliphatic carboxylic acids is 1.